The lowest BCUT2D eigenvalue weighted by atomic mass is 9.97. The zero-order valence-electron chi connectivity index (χ0n) is 16.3. The summed E-state index contributed by atoms with van der Waals surface area (Å²) in [5.74, 6) is 0. The number of rotatable bonds is 3. The zero-order chi connectivity index (χ0) is 24.2. The van der Waals surface area contributed by atoms with Crippen molar-refractivity contribution in [2.24, 2.45) is 0 Å². The lowest BCUT2D eigenvalue weighted by Crippen LogP contribution is -2.32. The van der Waals surface area contributed by atoms with Crippen LogP contribution < -0.4 is 0 Å². The minimum absolute atomic E-state index is 0.0694. The topological polar surface area (TPSA) is 45.3 Å². The van der Waals surface area contributed by atoms with Crippen molar-refractivity contribution in [2.45, 2.75) is 51.1 Å². The highest BCUT2D eigenvalue weighted by atomic mass is 19.4. The molecular weight excluding hydrogens is 459 g/mol. The average molecular weight is 474 g/mol. The number of hydrogen-bond donors (Lipinski definition) is 1. The molecule has 1 aliphatic rings. The summed E-state index contributed by atoms with van der Waals surface area (Å²) < 4.78 is 123. The second-order valence-corrected chi connectivity index (χ2v) is 7.35. The van der Waals surface area contributed by atoms with E-state index in [-0.39, 0.29) is 17.5 Å². The monoisotopic (exact) mass is 474 g/mol. The predicted molar refractivity (Wildman–Crippen MR) is 91.2 cm³/mol. The first-order valence-electron chi connectivity index (χ1n) is 9.01. The molecule has 0 aliphatic carbocycles. The highest BCUT2D eigenvalue weighted by Crippen LogP contribution is 2.41. The number of aryl methyl sites for hydroxylation is 1. The Balaban J connectivity index is 1.97. The molecule has 0 saturated carbocycles. The van der Waals surface area contributed by atoms with Gasteiger partial charge >= 0.3 is 24.6 Å². The number of halogens is 9. The highest BCUT2D eigenvalue weighted by Gasteiger charge is 2.44. The molecule has 1 N–H and O–H groups in total. The van der Waals surface area contributed by atoms with Crippen LogP contribution in [0.2, 0.25) is 0 Å². The molecule has 2 atom stereocenters. The first kappa shape index (κ1) is 23.8. The van der Waals surface area contributed by atoms with Gasteiger partial charge in [0.2, 0.25) is 0 Å². The second-order valence-electron chi connectivity index (χ2n) is 7.35. The molecule has 1 aliphatic heterocycles. The maximum absolute atomic E-state index is 13.2. The molecular formula is C19H15F9N2O2. The summed E-state index contributed by atoms with van der Waals surface area (Å²) in [7, 11) is 0. The Morgan fingerprint density at radius 3 is 1.91 bits per heavy atom. The van der Waals surface area contributed by atoms with Gasteiger partial charge in [0.15, 0.2) is 0 Å². The van der Waals surface area contributed by atoms with Gasteiger partial charge in [-0.05, 0) is 43.7 Å². The van der Waals surface area contributed by atoms with Gasteiger partial charge in [-0.1, -0.05) is 0 Å². The number of H-pyrrole nitrogens is 1. The lowest BCUT2D eigenvalue weighted by Gasteiger charge is -2.22. The summed E-state index contributed by atoms with van der Waals surface area (Å²) in [4.78, 5) is 15.5. The van der Waals surface area contributed by atoms with Crippen molar-refractivity contribution in [2.75, 3.05) is 0 Å². The number of aromatic amines is 1. The van der Waals surface area contributed by atoms with Gasteiger partial charge in [0, 0.05) is 11.4 Å². The molecule has 1 aromatic heterocycles. The Bertz CT molecular complexity index is 989. The molecule has 0 radical (unpaired) electrons. The van der Waals surface area contributed by atoms with Crippen LogP contribution in [0.1, 0.15) is 46.7 Å². The predicted octanol–water partition coefficient (Wildman–Crippen LogP) is 6.46. The number of hydrogen-bond acceptors (Lipinski definition) is 2. The number of nitrogens with zero attached hydrogens (tertiary/aromatic N) is 1. The molecule has 176 valence electrons. The molecule has 32 heavy (non-hydrogen) atoms. The van der Waals surface area contributed by atoms with E-state index in [0.29, 0.717) is 12.1 Å². The van der Waals surface area contributed by atoms with Crippen LogP contribution in [0.4, 0.5) is 44.3 Å². The number of cyclic esters (lactones) is 1. The summed E-state index contributed by atoms with van der Waals surface area (Å²) in [5.41, 5.74) is -5.05. The molecule has 4 nitrogen and oxygen atoms in total. The molecule has 3 rings (SSSR count). The standard InChI is InChI=1S/C19H15F9N2O2/c1-8-3-13(19(26,27)28)14(29-8)7-30-9(2)15(32-16(30)31)10-4-11(17(20,21)22)6-12(5-10)18(23,24)25/h3-6,9,15,29H,7H2,1-2H3/t9-,15+/m0/s1. The largest absolute Gasteiger partial charge is 0.439 e. The van der Waals surface area contributed by atoms with E-state index in [1.165, 1.54) is 13.8 Å². The van der Waals surface area contributed by atoms with E-state index in [9.17, 15) is 44.3 Å². The van der Waals surface area contributed by atoms with Crippen LogP contribution in [-0.2, 0) is 29.8 Å². The number of ether oxygens (including phenoxy) is 1. The summed E-state index contributed by atoms with van der Waals surface area (Å²) >= 11 is 0. The van der Waals surface area contributed by atoms with Crippen LogP contribution in [0.25, 0.3) is 0 Å². The molecule has 1 saturated heterocycles. The van der Waals surface area contributed by atoms with Gasteiger partial charge in [0.1, 0.15) is 6.10 Å². The minimum Gasteiger partial charge on any atom is -0.439 e. The van der Waals surface area contributed by atoms with Gasteiger partial charge in [-0.15, -0.1) is 0 Å². The summed E-state index contributed by atoms with van der Waals surface area (Å²) in [6.07, 6.45) is -17.7. The molecule has 0 bridgehead atoms. The third kappa shape index (κ3) is 4.65. The van der Waals surface area contributed by atoms with E-state index in [4.69, 9.17) is 4.74 Å². The van der Waals surface area contributed by atoms with Crippen molar-refractivity contribution in [1.82, 2.24) is 9.88 Å². The summed E-state index contributed by atoms with van der Waals surface area (Å²) in [6.45, 7) is 1.98. The third-order valence-electron chi connectivity index (χ3n) is 5.00. The molecule has 1 fully saturated rings. The van der Waals surface area contributed by atoms with Crippen LogP contribution in [0.5, 0.6) is 0 Å². The van der Waals surface area contributed by atoms with E-state index >= 15 is 0 Å². The van der Waals surface area contributed by atoms with Crippen LogP contribution in [0.3, 0.4) is 0 Å². The molecule has 2 heterocycles. The van der Waals surface area contributed by atoms with Crippen LogP contribution in [0.15, 0.2) is 24.3 Å². The summed E-state index contributed by atoms with van der Waals surface area (Å²) in [6, 6.07) is 0.443. The molecule has 1 amide bonds. The fraction of sp³-hybridized carbons (Fsp3) is 0.421. The van der Waals surface area contributed by atoms with Gasteiger partial charge in [-0.2, -0.15) is 39.5 Å². The number of carbonyl (C=O) groups is 1. The molecule has 0 unspecified atom stereocenters. The Labute approximate surface area is 175 Å². The van der Waals surface area contributed by atoms with E-state index in [1.807, 2.05) is 0 Å². The van der Waals surface area contributed by atoms with Crippen molar-refractivity contribution in [1.29, 1.82) is 0 Å². The van der Waals surface area contributed by atoms with Crippen LogP contribution in [0, 0.1) is 6.92 Å². The Kier molecular flexibility index (Phi) is 5.67. The zero-order valence-corrected chi connectivity index (χ0v) is 16.3. The van der Waals surface area contributed by atoms with Crippen LogP contribution in [-0.4, -0.2) is 22.0 Å². The fourth-order valence-electron chi connectivity index (χ4n) is 3.50. The van der Waals surface area contributed by atoms with E-state index in [1.54, 1.807) is 0 Å². The number of benzene rings is 1. The first-order valence-corrected chi connectivity index (χ1v) is 9.01. The Hall–Kier alpha value is -2.86. The smallest absolute Gasteiger partial charge is 0.418 e. The Morgan fingerprint density at radius 1 is 0.906 bits per heavy atom. The highest BCUT2D eigenvalue weighted by molar-refractivity contribution is 5.71. The van der Waals surface area contributed by atoms with Crippen LogP contribution >= 0.6 is 0 Å². The van der Waals surface area contributed by atoms with Gasteiger partial charge < -0.3 is 9.72 Å². The van der Waals surface area contributed by atoms with Gasteiger partial charge in [-0.3, -0.25) is 4.90 Å². The van der Waals surface area contributed by atoms with E-state index in [0.717, 1.165) is 11.0 Å². The maximum atomic E-state index is 13.2. The van der Waals surface area contributed by atoms with Crippen molar-refractivity contribution < 1.29 is 49.0 Å². The lowest BCUT2D eigenvalue weighted by molar-refractivity contribution is -0.143. The van der Waals surface area contributed by atoms with Gasteiger partial charge in [0.25, 0.3) is 0 Å². The first-order chi connectivity index (χ1) is 14.5. The minimum atomic E-state index is -5.11. The average Bonchev–Trinajstić information content (AvgIpc) is 3.14. The number of nitrogens with one attached hydrogen (secondary N) is 1. The molecule has 13 heteroatoms. The van der Waals surface area contributed by atoms with Crippen molar-refractivity contribution >= 4 is 6.09 Å². The van der Waals surface area contributed by atoms with E-state index in [2.05, 4.69) is 4.98 Å². The third-order valence-corrected chi connectivity index (χ3v) is 5.00. The van der Waals surface area contributed by atoms with Gasteiger partial charge in [0.05, 0.1) is 29.3 Å². The molecule has 0 spiro atoms. The summed E-state index contributed by atoms with van der Waals surface area (Å²) in [5, 5.41) is 0. The number of carbonyl (C=O) groups excluding carboxylic acids is 1. The number of alkyl halides is 9. The quantitative estimate of drug-likeness (QED) is 0.519. The SMILES string of the molecule is Cc1cc(C(F)(F)F)c(CN2C(=O)O[C@@H](c3cc(C(F)(F)F)cc(C(F)(F)F)c3)[C@@H]2C)[nH]1. The second kappa shape index (κ2) is 7.62. The van der Waals surface area contributed by atoms with E-state index < -0.39 is 65.6 Å². The van der Waals surface area contributed by atoms with Crippen molar-refractivity contribution in [3.8, 4) is 0 Å². The van der Waals surface area contributed by atoms with Crippen molar-refractivity contribution in [3.63, 3.8) is 0 Å². The maximum Gasteiger partial charge on any atom is 0.418 e. The molecule has 2 aromatic rings. The number of aromatic nitrogens is 1. The Morgan fingerprint density at radius 2 is 1.44 bits per heavy atom. The van der Waals surface area contributed by atoms with Gasteiger partial charge in [-0.25, -0.2) is 4.79 Å². The molecule has 1 aromatic carbocycles. The van der Waals surface area contributed by atoms with Crippen molar-refractivity contribution in [3.05, 3.63) is 57.9 Å². The normalized spacial score (nSPS) is 20.1. The number of amides is 1. The fourth-order valence-corrected chi connectivity index (χ4v) is 3.50.